The van der Waals surface area contributed by atoms with Gasteiger partial charge in [-0.15, -0.1) is 0 Å². The van der Waals surface area contributed by atoms with Gasteiger partial charge in [-0.1, -0.05) is 0 Å². The van der Waals surface area contributed by atoms with Crippen molar-refractivity contribution in [3.8, 4) is 0 Å². The molecule has 0 aliphatic rings. The molecular formula is H2CuO7SSe. The van der Waals surface area contributed by atoms with Crippen molar-refractivity contribution in [2.45, 2.75) is 0 Å². The SMILES string of the molecule is O=S(=O)([O-])[O-].O=[Se](O)O.[Cu+2]. The summed E-state index contributed by atoms with van der Waals surface area (Å²) in [6.07, 6.45) is 0. The molecule has 0 spiro atoms. The molecule has 0 atom stereocenters. The normalized spacial score (nSPS) is 9.30. The Balaban J connectivity index is -0.0000000910. The molecule has 0 aliphatic heterocycles. The van der Waals surface area contributed by atoms with Gasteiger partial charge >= 0.3 is 43.8 Å². The van der Waals surface area contributed by atoms with Crippen LogP contribution >= 0.6 is 0 Å². The second-order valence-electron chi connectivity index (χ2n) is 0.639. The largest absolute Gasteiger partial charge is 2.00 e. The summed E-state index contributed by atoms with van der Waals surface area (Å²) in [7, 11) is -5.17. The van der Waals surface area contributed by atoms with E-state index in [9.17, 15) is 0 Å². The average Bonchev–Trinajstić information content (AvgIpc) is 1.19. The van der Waals surface area contributed by atoms with E-state index in [0.717, 1.165) is 0 Å². The van der Waals surface area contributed by atoms with Gasteiger partial charge in [0.15, 0.2) is 0 Å². The zero-order chi connectivity index (χ0) is 8.08. The van der Waals surface area contributed by atoms with Crippen molar-refractivity contribution in [2.24, 2.45) is 0 Å². The van der Waals surface area contributed by atoms with Gasteiger partial charge in [-0.25, -0.2) is 0 Å². The van der Waals surface area contributed by atoms with Gasteiger partial charge in [0.2, 0.25) is 0 Å². The van der Waals surface area contributed by atoms with Crippen LogP contribution in [0, 0.1) is 0 Å². The third kappa shape index (κ3) is 1270. The van der Waals surface area contributed by atoms with Crippen LogP contribution in [0.4, 0.5) is 0 Å². The molecule has 10 heteroatoms. The fourth-order valence-electron chi connectivity index (χ4n) is 0. The van der Waals surface area contributed by atoms with E-state index in [1.54, 1.807) is 0 Å². The van der Waals surface area contributed by atoms with Gasteiger partial charge in [-0.05, 0) is 0 Å². The first-order valence-corrected chi connectivity index (χ1v) is 4.76. The van der Waals surface area contributed by atoms with E-state index in [1.165, 1.54) is 0 Å². The van der Waals surface area contributed by atoms with E-state index in [2.05, 4.69) is 0 Å². The smallest absolute Gasteiger partial charge is 2.00 e. The van der Waals surface area contributed by atoms with E-state index >= 15 is 0 Å². The van der Waals surface area contributed by atoms with E-state index < -0.39 is 24.9 Å². The van der Waals surface area contributed by atoms with Crippen molar-refractivity contribution in [2.75, 3.05) is 0 Å². The maximum absolute atomic E-state index is 8.76. The van der Waals surface area contributed by atoms with Crippen LogP contribution in [-0.4, -0.2) is 40.4 Å². The van der Waals surface area contributed by atoms with Crippen molar-refractivity contribution in [1.82, 2.24) is 0 Å². The molecular weight excluding hydrogens is 287 g/mol. The number of hydrogen-bond acceptors (Lipinski definition) is 5. The summed E-state index contributed by atoms with van der Waals surface area (Å²) >= 11 is -3.29. The molecule has 0 bridgehead atoms. The predicted octanol–water partition coefficient (Wildman–Crippen LogP) is -2.95. The summed E-state index contributed by atoms with van der Waals surface area (Å²) in [4.78, 5) is 0. The monoisotopic (exact) mass is 289 g/mol. The Bertz CT molecular complexity index is 156. The molecule has 0 aliphatic carbocycles. The molecule has 0 amide bonds. The van der Waals surface area contributed by atoms with Crippen molar-refractivity contribution in [3.05, 3.63) is 0 Å². The van der Waals surface area contributed by atoms with Gasteiger partial charge in [-0.3, -0.25) is 8.42 Å². The van der Waals surface area contributed by atoms with E-state index in [1.807, 2.05) is 0 Å². The van der Waals surface area contributed by atoms with Crippen LogP contribution in [0.5, 0.6) is 0 Å². The maximum Gasteiger partial charge on any atom is 2.00 e. The predicted molar refractivity (Wildman–Crippen MR) is 21.4 cm³/mol. The van der Waals surface area contributed by atoms with Crippen LogP contribution in [0.1, 0.15) is 0 Å². The molecule has 67 valence electrons. The molecule has 0 aromatic carbocycles. The summed E-state index contributed by atoms with van der Waals surface area (Å²) < 4.78 is 57.2. The first kappa shape index (κ1) is 16.9. The van der Waals surface area contributed by atoms with Crippen molar-refractivity contribution in [1.29, 1.82) is 0 Å². The first-order chi connectivity index (χ1) is 3.73. The minimum absolute atomic E-state index is 0. The van der Waals surface area contributed by atoms with E-state index in [0.29, 0.717) is 0 Å². The average molecular weight is 289 g/mol. The minimum Gasteiger partial charge on any atom is 2.00 e. The first-order valence-electron chi connectivity index (χ1n) is 1.20. The summed E-state index contributed by atoms with van der Waals surface area (Å²) in [5.41, 5.74) is 0. The maximum atomic E-state index is 8.76. The topological polar surface area (TPSA) is 138 Å². The number of rotatable bonds is 0. The van der Waals surface area contributed by atoms with Crippen LogP contribution in [0.3, 0.4) is 0 Å². The molecule has 0 saturated heterocycles. The van der Waals surface area contributed by atoms with E-state index in [4.69, 9.17) is 29.7 Å². The third-order valence-electron chi connectivity index (χ3n) is 0. The van der Waals surface area contributed by atoms with Crippen LogP contribution in [0.15, 0.2) is 0 Å². The Labute approximate surface area is 71.8 Å². The molecule has 0 fully saturated rings. The molecule has 0 aromatic rings. The number of hydrogen-bond donors (Lipinski definition) is 2. The fraction of sp³-hybridized carbons (Fsp3) is 0. The Morgan fingerprint density at radius 1 is 1.20 bits per heavy atom. The Morgan fingerprint density at radius 2 is 1.20 bits per heavy atom. The molecule has 0 rings (SSSR count). The summed E-state index contributed by atoms with van der Waals surface area (Å²) in [5.74, 6) is 0. The molecule has 1 radical (unpaired) electrons. The Hall–Kier alpha value is 0.629. The standard InChI is InChI=1S/Cu.H2O4S.H2O3Se/c;1-5(2,3)4;1-4(2)3/h;(H2,1,2,3,4);(H2,1,2,3)/q+2;;/p-2. The second kappa shape index (κ2) is 7.73. The zero-order valence-corrected chi connectivity index (χ0v) is 7.52. The van der Waals surface area contributed by atoms with E-state index in [-0.39, 0.29) is 17.1 Å². The van der Waals surface area contributed by atoms with Gasteiger partial charge < -0.3 is 9.11 Å². The van der Waals surface area contributed by atoms with Crippen LogP contribution in [0.2, 0.25) is 0 Å². The fourth-order valence-corrected chi connectivity index (χ4v) is 0. The zero-order valence-electron chi connectivity index (χ0n) is 4.05. The summed E-state index contributed by atoms with van der Waals surface area (Å²) in [5, 5.41) is 0. The molecule has 0 heterocycles. The van der Waals surface area contributed by atoms with Gasteiger partial charge in [0.1, 0.15) is 0 Å². The van der Waals surface area contributed by atoms with Gasteiger partial charge in [-0.2, -0.15) is 0 Å². The molecule has 10 heavy (non-hydrogen) atoms. The van der Waals surface area contributed by atoms with Crippen molar-refractivity contribution < 1.29 is 46.8 Å². The molecule has 0 saturated carbocycles. The summed E-state index contributed by atoms with van der Waals surface area (Å²) in [6, 6.07) is 0. The van der Waals surface area contributed by atoms with Crippen molar-refractivity contribution >= 4 is 24.9 Å². The molecule has 0 aromatic heterocycles. The minimum atomic E-state index is -5.17. The van der Waals surface area contributed by atoms with Gasteiger partial charge in [0.05, 0.1) is 0 Å². The second-order valence-corrected chi connectivity index (χ2v) is 2.42. The van der Waals surface area contributed by atoms with Gasteiger partial charge in [0, 0.05) is 10.4 Å². The Kier molecular flexibility index (Phi) is 13.1. The quantitative estimate of drug-likeness (QED) is 0.276. The molecule has 7 nitrogen and oxygen atoms in total. The third-order valence-corrected chi connectivity index (χ3v) is 0. The van der Waals surface area contributed by atoms with Crippen LogP contribution in [0.25, 0.3) is 0 Å². The van der Waals surface area contributed by atoms with Crippen LogP contribution < -0.4 is 0 Å². The molecule has 2 N–H and O–H groups in total. The summed E-state index contributed by atoms with van der Waals surface area (Å²) in [6.45, 7) is 0. The van der Waals surface area contributed by atoms with Gasteiger partial charge in [0.25, 0.3) is 0 Å². The van der Waals surface area contributed by atoms with Crippen LogP contribution in [-0.2, 0) is 31.3 Å². The molecule has 0 unspecified atom stereocenters. The Morgan fingerprint density at radius 3 is 1.20 bits per heavy atom. The van der Waals surface area contributed by atoms with Crippen molar-refractivity contribution in [3.63, 3.8) is 0 Å².